The third kappa shape index (κ3) is 6.11. The van der Waals surface area contributed by atoms with Gasteiger partial charge in [0.05, 0.1) is 30.9 Å². The van der Waals surface area contributed by atoms with Crippen molar-refractivity contribution in [2.24, 2.45) is 0 Å². The molecule has 0 atom stereocenters. The van der Waals surface area contributed by atoms with Gasteiger partial charge in [-0.15, -0.1) is 0 Å². The van der Waals surface area contributed by atoms with Crippen LogP contribution in [0.1, 0.15) is 44.7 Å². The Hall–Kier alpha value is -3.39. The van der Waals surface area contributed by atoms with Crippen molar-refractivity contribution in [1.29, 1.82) is 0 Å². The number of fused-ring (bicyclic) bond motifs is 3. The van der Waals surface area contributed by atoms with Gasteiger partial charge in [-0.1, -0.05) is 29.8 Å². The number of ether oxygens (including phenoxy) is 3. The highest BCUT2D eigenvalue weighted by Crippen LogP contribution is 2.39. The Labute approximate surface area is 234 Å². The minimum Gasteiger partial charge on any atom is -0.491 e. The molecule has 39 heavy (non-hydrogen) atoms. The van der Waals surface area contributed by atoms with Crippen LogP contribution < -0.4 is 9.64 Å². The van der Waals surface area contributed by atoms with Crippen molar-refractivity contribution in [2.75, 3.05) is 51.5 Å². The predicted molar refractivity (Wildman–Crippen MR) is 152 cm³/mol. The molecule has 0 N–H and O–H groups in total. The Kier molecular flexibility index (Phi) is 8.81. The number of imide groups is 1. The Morgan fingerprint density at radius 2 is 1.44 bits per heavy atom. The van der Waals surface area contributed by atoms with Gasteiger partial charge < -0.3 is 19.1 Å². The zero-order valence-electron chi connectivity index (χ0n) is 22.2. The minimum atomic E-state index is -0.204. The quantitative estimate of drug-likeness (QED) is 0.214. The molecule has 2 amide bonds. The summed E-state index contributed by atoms with van der Waals surface area (Å²) in [5.41, 5.74) is 5.66. The van der Waals surface area contributed by atoms with Crippen LogP contribution in [0.4, 0.5) is 11.4 Å². The van der Waals surface area contributed by atoms with Gasteiger partial charge in [-0.05, 0) is 79.3 Å². The molecule has 204 valence electrons. The molecule has 5 rings (SSSR count). The van der Waals surface area contributed by atoms with Crippen molar-refractivity contribution in [1.82, 2.24) is 4.90 Å². The average Bonchev–Trinajstić information content (AvgIpc) is 3.09. The maximum absolute atomic E-state index is 12.7. The molecule has 2 heterocycles. The first-order valence-corrected chi connectivity index (χ1v) is 13.8. The summed E-state index contributed by atoms with van der Waals surface area (Å²) >= 11 is 6.43. The molecule has 0 aromatic heterocycles. The molecule has 3 aromatic carbocycles. The zero-order valence-corrected chi connectivity index (χ0v) is 22.9. The van der Waals surface area contributed by atoms with E-state index in [4.69, 9.17) is 25.8 Å². The number of anilines is 2. The third-order valence-electron chi connectivity index (χ3n) is 7.16. The van der Waals surface area contributed by atoms with E-state index < -0.39 is 0 Å². The van der Waals surface area contributed by atoms with Crippen LogP contribution in [-0.4, -0.2) is 63.3 Å². The van der Waals surface area contributed by atoms with Crippen molar-refractivity contribution in [2.45, 2.75) is 25.7 Å². The molecule has 0 spiro atoms. The molecule has 0 aliphatic carbocycles. The first-order valence-electron chi connectivity index (χ1n) is 13.4. The second kappa shape index (κ2) is 12.6. The lowest BCUT2D eigenvalue weighted by Gasteiger charge is -2.28. The van der Waals surface area contributed by atoms with E-state index >= 15 is 0 Å². The van der Waals surface area contributed by atoms with Crippen molar-refractivity contribution >= 4 is 34.8 Å². The van der Waals surface area contributed by atoms with Gasteiger partial charge in [0.2, 0.25) is 0 Å². The summed E-state index contributed by atoms with van der Waals surface area (Å²) < 4.78 is 16.5. The molecular formula is C31H33ClN2O5. The van der Waals surface area contributed by atoms with Crippen LogP contribution in [0.3, 0.4) is 0 Å². The second-order valence-electron chi connectivity index (χ2n) is 9.68. The molecule has 3 aromatic rings. The molecule has 0 fully saturated rings. The SMILES string of the molecule is COCCOCCOc1ccc2c(c1)CCc1ccc(Cl)cc1N2CCCCN1C(=O)c2ccccc2C1=O. The lowest BCUT2D eigenvalue weighted by atomic mass is 10.0. The van der Waals surface area contributed by atoms with Gasteiger partial charge in [-0.25, -0.2) is 0 Å². The zero-order chi connectivity index (χ0) is 27.2. The van der Waals surface area contributed by atoms with E-state index in [1.165, 1.54) is 16.0 Å². The first-order chi connectivity index (χ1) is 19.1. The smallest absolute Gasteiger partial charge is 0.261 e. The standard InChI is InChI=1S/C31H33ClN2O5/c1-37-16-17-38-18-19-39-25-12-13-28-23(20-25)9-8-22-10-11-24(32)21-29(22)33(28)14-4-5-15-34-30(35)26-6-2-3-7-27(26)31(34)36/h2-3,6-7,10-13,20-21H,4-5,8-9,14-19H2,1H3. The van der Waals surface area contributed by atoms with Gasteiger partial charge >= 0.3 is 0 Å². The van der Waals surface area contributed by atoms with Crippen LogP contribution in [0.25, 0.3) is 0 Å². The van der Waals surface area contributed by atoms with Crippen LogP contribution in [-0.2, 0) is 22.3 Å². The topological polar surface area (TPSA) is 68.3 Å². The van der Waals surface area contributed by atoms with E-state index in [-0.39, 0.29) is 11.8 Å². The number of halogens is 1. The maximum Gasteiger partial charge on any atom is 0.261 e. The van der Waals surface area contributed by atoms with Crippen molar-refractivity contribution in [3.05, 3.63) is 87.9 Å². The van der Waals surface area contributed by atoms with Gasteiger partial charge in [-0.3, -0.25) is 14.5 Å². The maximum atomic E-state index is 12.7. The molecule has 0 unspecified atom stereocenters. The van der Waals surface area contributed by atoms with E-state index in [1.807, 2.05) is 18.2 Å². The van der Waals surface area contributed by atoms with Crippen LogP contribution >= 0.6 is 11.6 Å². The van der Waals surface area contributed by atoms with Gasteiger partial charge in [0, 0.05) is 36.6 Å². The average molecular weight is 549 g/mol. The van der Waals surface area contributed by atoms with Crippen molar-refractivity contribution in [3.63, 3.8) is 0 Å². The van der Waals surface area contributed by atoms with Gasteiger partial charge in [0.1, 0.15) is 12.4 Å². The number of unbranched alkanes of at least 4 members (excludes halogenated alkanes) is 1. The summed E-state index contributed by atoms with van der Waals surface area (Å²) in [6.45, 7) is 3.22. The number of carbonyl (C=O) groups excluding carboxylic acids is 2. The third-order valence-corrected chi connectivity index (χ3v) is 7.40. The van der Waals surface area contributed by atoms with E-state index in [9.17, 15) is 9.59 Å². The Balaban J connectivity index is 1.26. The van der Waals surface area contributed by atoms with Crippen LogP contribution in [0.15, 0.2) is 60.7 Å². The van der Waals surface area contributed by atoms with E-state index in [2.05, 4.69) is 23.1 Å². The summed E-state index contributed by atoms with van der Waals surface area (Å²) in [4.78, 5) is 29.2. The highest BCUT2D eigenvalue weighted by molar-refractivity contribution is 6.31. The highest BCUT2D eigenvalue weighted by atomic mass is 35.5. The highest BCUT2D eigenvalue weighted by Gasteiger charge is 2.34. The Bertz CT molecular complexity index is 1310. The van der Waals surface area contributed by atoms with Gasteiger partial charge in [0.15, 0.2) is 0 Å². The molecule has 0 saturated carbocycles. The van der Waals surface area contributed by atoms with Crippen molar-refractivity contribution < 1.29 is 23.8 Å². The lowest BCUT2D eigenvalue weighted by Crippen LogP contribution is -2.31. The summed E-state index contributed by atoms with van der Waals surface area (Å²) in [7, 11) is 1.65. The minimum absolute atomic E-state index is 0.204. The monoisotopic (exact) mass is 548 g/mol. The molecular weight excluding hydrogens is 516 g/mol. The summed E-state index contributed by atoms with van der Waals surface area (Å²) in [5, 5.41) is 0.696. The Morgan fingerprint density at radius 1 is 0.744 bits per heavy atom. The Morgan fingerprint density at radius 3 is 2.18 bits per heavy atom. The van der Waals surface area contributed by atoms with Crippen LogP contribution in [0.5, 0.6) is 5.75 Å². The number of benzene rings is 3. The van der Waals surface area contributed by atoms with E-state index in [0.717, 1.165) is 42.9 Å². The fraction of sp³-hybridized carbons (Fsp3) is 0.355. The number of hydrogen-bond donors (Lipinski definition) is 0. The van der Waals surface area contributed by atoms with Crippen LogP contribution in [0.2, 0.25) is 5.02 Å². The number of carbonyl (C=O) groups is 2. The summed E-state index contributed by atoms with van der Waals surface area (Å²) in [6.07, 6.45) is 3.29. The normalized spacial score (nSPS) is 14.2. The molecule has 2 aliphatic heterocycles. The number of nitrogens with zero attached hydrogens (tertiary/aromatic N) is 2. The molecule has 0 saturated heterocycles. The summed E-state index contributed by atoms with van der Waals surface area (Å²) in [5.74, 6) is 0.410. The lowest BCUT2D eigenvalue weighted by molar-refractivity contribution is 0.0544. The predicted octanol–water partition coefficient (Wildman–Crippen LogP) is 5.69. The number of methoxy groups -OCH3 is 1. The second-order valence-corrected chi connectivity index (χ2v) is 10.1. The first kappa shape index (κ1) is 27.2. The van der Waals surface area contributed by atoms with Crippen molar-refractivity contribution in [3.8, 4) is 5.75 Å². The molecule has 0 radical (unpaired) electrons. The fourth-order valence-electron chi connectivity index (χ4n) is 5.20. The molecule has 0 bridgehead atoms. The van der Waals surface area contributed by atoms with Crippen LogP contribution in [0, 0.1) is 0 Å². The van der Waals surface area contributed by atoms with E-state index in [1.54, 1.807) is 31.4 Å². The number of rotatable bonds is 12. The number of aryl methyl sites for hydroxylation is 2. The molecule has 8 heteroatoms. The number of hydrogen-bond acceptors (Lipinski definition) is 6. The molecule has 7 nitrogen and oxygen atoms in total. The largest absolute Gasteiger partial charge is 0.491 e. The van der Waals surface area contributed by atoms with Gasteiger partial charge in [-0.2, -0.15) is 0 Å². The fourth-order valence-corrected chi connectivity index (χ4v) is 5.37. The van der Waals surface area contributed by atoms with E-state index in [0.29, 0.717) is 55.5 Å². The van der Waals surface area contributed by atoms with Gasteiger partial charge in [0.25, 0.3) is 11.8 Å². The summed E-state index contributed by atoms with van der Waals surface area (Å²) in [6, 6.07) is 19.3. The molecule has 2 aliphatic rings. The number of amides is 2.